The number of phenolic OH excluding ortho intramolecular Hbond substituents is 1. The number of carbonyl (C=O) groups is 1. The topological polar surface area (TPSA) is 66.6 Å². The Labute approximate surface area is 159 Å². The second-order valence-corrected chi connectivity index (χ2v) is 7.25. The van der Waals surface area contributed by atoms with Gasteiger partial charge in [-0.3, -0.25) is 4.79 Å². The van der Waals surface area contributed by atoms with Crippen molar-refractivity contribution in [3.05, 3.63) is 65.0 Å². The lowest BCUT2D eigenvalue weighted by atomic mass is 10.1. The largest absolute Gasteiger partial charge is 0.507 e. The number of aromatic hydroxyl groups is 1. The molecular formula is C22H25N3O2. The van der Waals surface area contributed by atoms with E-state index in [4.69, 9.17) is 0 Å². The number of aryl methyl sites for hydroxylation is 1. The van der Waals surface area contributed by atoms with Crippen molar-refractivity contribution in [3.8, 4) is 5.75 Å². The first-order chi connectivity index (χ1) is 12.9. The Morgan fingerprint density at radius 3 is 2.52 bits per heavy atom. The number of hydrazone groups is 1. The molecule has 0 bridgehead atoms. The summed E-state index contributed by atoms with van der Waals surface area (Å²) in [5.74, 6) is 0.0529. The zero-order valence-electron chi connectivity index (χ0n) is 16.2. The fraction of sp³-hybridized carbons (Fsp3) is 0.273. The van der Waals surface area contributed by atoms with Gasteiger partial charge in [0, 0.05) is 23.5 Å². The van der Waals surface area contributed by atoms with E-state index in [1.165, 1.54) is 5.69 Å². The minimum atomic E-state index is -0.439. The van der Waals surface area contributed by atoms with Crippen LogP contribution >= 0.6 is 0 Å². The Kier molecular flexibility index (Phi) is 5.31. The summed E-state index contributed by atoms with van der Waals surface area (Å²) in [6.07, 6.45) is 1.65. The van der Waals surface area contributed by atoms with Crippen molar-refractivity contribution in [3.63, 3.8) is 0 Å². The van der Waals surface area contributed by atoms with Crippen molar-refractivity contribution < 1.29 is 9.90 Å². The highest BCUT2D eigenvalue weighted by Crippen LogP contribution is 2.24. The van der Waals surface area contributed by atoms with Crippen molar-refractivity contribution in [2.75, 3.05) is 0 Å². The maximum atomic E-state index is 12.4. The van der Waals surface area contributed by atoms with E-state index in [9.17, 15) is 9.90 Å². The van der Waals surface area contributed by atoms with Crippen LogP contribution in [0.15, 0.2) is 47.6 Å². The molecule has 0 fully saturated rings. The first-order valence-corrected chi connectivity index (χ1v) is 9.08. The zero-order chi connectivity index (χ0) is 19.6. The maximum absolute atomic E-state index is 12.4. The number of amides is 1. The Morgan fingerprint density at radius 2 is 1.85 bits per heavy atom. The van der Waals surface area contributed by atoms with E-state index in [0.29, 0.717) is 5.92 Å². The third-order valence-electron chi connectivity index (χ3n) is 4.64. The number of benzene rings is 2. The Bertz CT molecular complexity index is 1020. The smallest absolute Gasteiger partial charge is 0.275 e. The number of hydrogen-bond acceptors (Lipinski definition) is 3. The molecule has 140 valence electrons. The molecule has 3 rings (SSSR count). The van der Waals surface area contributed by atoms with Crippen molar-refractivity contribution >= 4 is 22.9 Å². The number of phenols is 1. The van der Waals surface area contributed by atoms with Crippen molar-refractivity contribution in [1.29, 1.82) is 0 Å². The molecule has 2 N–H and O–H groups in total. The number of rotatable bonds is 5. The molecule has 0 aliphatic rings. The van der Waals surface area contributed by atoms with Gasteiger partial charge in [0.15, 0.2) is 0 Å². The minimum absolute atomic E-state index is 0.0588. The third kappa shape index (κ3) is 4.03. The van der Waals surface area contributed by atoms with Gasteiger partial charge in [-0.15, -0.1) is 0 Å². The van der Waals surface area contributed by atoms with Crippen LogP contribution in [0.4, 0.5) is 0 Å². The van der Waals surface area contributed by atoms with Gasteiger partial charge in [-0.2, -0.15) is 5.10 Å². The third-order valence-corrected chi connectivity index (χ3v) is 4.64. The highest BCUT2D eigenvalue weighted by Gasteiger charge is 2.12. The number of aromatic nitrogens is 1. The number of carbonyl (C=O) groups excluding carboxylic acids is 1. The Morgan fingerprint density at radius 1 is 1.19 bits per heavy atom. The average molecular weight is 363 g/mol. The number of fused-ring (bicyclic) bond motifs is 1. The summed E-state index contributed by atoms with van der Waals surface area (Å²) in [6.45, 7) is 9.43. The van der Waals surface area contributed by atoms with Crippen LogP contribution in [0.1, 0.15) is 41.2 Å². The summed E-state index contributed by atoms with van der Waals surface area (Å²) in [6, 6.07) is 12.9. The standard InChI is InChI=1S/C22H25N3O2/c1-14(2)13-25-15(3)9-19(16(25)4)12-23-24-22(27)20-10-17-7-5-6-8-18(17)11-21(20)26/h5-12,14,26H,13H2,1-4H3,(H,24,27). The molecule has 0 radical (unpaired) electrons. The first-order valence-electron chi connectivity index (χ1n) is 9.08. The van der Waals surface area contributed by atoms with Gasteiger partial charge in [-0.1, -0.05) is 38.1 Å². The number of nitrogens with one attached hydrogen (secondary N) is 1. The molecule has 5 heteroatoms. The van der Waals surface area contributed by atoms with E-state index >= 15 is 0 Å². The summed E-state index contributed by atoms with van der Waals surface area (Å²) in [5.41, 5.74) is 5.97. The van der Waals surface area contributed by atoms with Gasteiger partial charge in [0.2, 0.25) is 0 Å². The fourth-order valence-corrected chi connectivity index (χ4v) is 3.24. The van der Waals surface area contributed by atoms with Crippen LogP contribution in [-0.2, 0) is 6.54 Å². The highest BCUT2D eigenvalue weighted by molar-refractivity contribution is 6.01. The van der Waals surface area contributed by atoms with Gasteiger partial charge in [-0.25, -0.2) is 5.43 Å². The summed E-state index contributed by atoms with van der Waals surface area (Å²) in [7, 11) is 0. The van der Waals surface area contributed by atoms with E-state index in [-0.39, 0.29) is 11.3 Å². The first kappa shape index (κ1) is 18.7. The predicted octanol–water partition coefficient (Wildman–Crippen LogP) is 4.38. The molecule has 1 heterocycles. The van der Waals surface area contributed by atoms with Crippen LogP contribution in [0.2, 0.25) is 0 Å². The second kappa shape index (κ2) is 7.66. The molecule has 1 aromatic heterocycles. The molecule has 0 saturated heterocycles. The van der Waals surface area contributed by atoms with Gasteiger partial charge in [0.25, 0.3) is 5.91 Å². The monoisotopic (exact) mass is 363 g/mol. The van der Waals surface area contributed by atoms with Gasteiger partial charge < -0.3 is 9.67 Å². The summed E-state index contributed by atoms with van der Waals surface area (Å²) >= 11 is 0. The van der Waals surface area contributed by atoms with E-state index in [1.807, 2.05) is 31.2 Å². The Hall–Kier alpha value is -3.08. The van der Waals surface area contributed by atoms with Crippen LogP contribution < -0.4 is 5.43 Å². The molecule has 1 amide bonds. The maximum Gasteiger partial charge on any atom is 0.275 e. The molecule has 3 aromatic rings. The molecule has 0 saturated carbocycles. The average Bonchev–Trinajstić information content (AvgIpc) is 2.88. The molecule has 0 unspecified atom stereocenters. The van der Waals surface area contributed by atoms with Gasteiger partial charge in [-0.05, 0) is 48.7 Å². The molecule has 0 aliphatic carbocycles. The van der Waals surface area contributed by atoms with Gasteiger partial charge >= 0.3 is 0 Å². The van der Waals surface area contributed by atoms with Crippen molar-refractivity contribution in [2.24, 2.45) is 11.0 Å². The van der Waals surface area contributed by atoms with E-state index < -0.39 is 5.91 Å². The van der Waals surface area contributed by atoms with Crippen LogP contribution in [-0.4, -0.2) is 21.8 Å². The molecular weight excluding hydrogens is 338 g/mol. The number of nitrogens with zero attached hydrogens (tertiary/aromatic N) is 2. The van der Waals surface area contributed by atoms with E-state index in [0.717, 1.165) is 28.6 Å². The van der Waals surface area contributed by atoms with Crippen molar-refractivity contribution in [1.82, 2.24) is 9.99 Å². The molecule has 2 aromatic carbocycles. The predicted molar refractivity (Wildman–Crippen MR) is 109 cm³/mol. The second-order valence-electron chi connectivity index (χ2n) is 7.25. The lowest BCUT2D eigenvalue weighted by molar-refractivity contribution is 0.0952. The SMILES string of the molecule is Cc1cc(C=NNC(=O)c2cc3ccccc3cc2O)c(C)n1CC(C)C. The molecule has 5 nitrogen and oxygen atoms in total. The summed E-state index contributed by atoms with van der Waals surface area (Å²) < 4.78 is 2.25. The molecule has 0 aliphatic heterocycles. The summed E-state index contributed by atoms with van der Waals surface area (Å²) in [5, 5.41) is 16.0. The van der Waals surface area contributed by atoms with Gasteiger partial charge in [0.05, 0.1) is 11.8 Å². The van der Waals surface area contributed by atoms with Crippen LogP contribution in [0, 0.1) is 19.8 Å². The molecule has 0 spiro atoms. The van der Waals surface area contributed by atoms with Crippen LogP contribution in [0.3, 0.4) is 0 Å². The van der Waals surface area contributed by atoms with Crippen LogP contribution in [0.25, 0.3) is 10.8 Å². The lowest BCUT2D eigenvalue weighted by Crippen LogP contribution is -2.17. The normalized spacial score (nSPS) is 11.6. The highest BCUT2D eigenvalue weighted by atomic mass is 16.3. The minimum Gasteiger partial charge on any atom is -0.507 e. The van der Waals surface area contributed by atoms with Gasteiger partial charge in [0.1, 0.15) is 5.75 Å². The fourth-order valence-electron chi connectivity index (χ4n) is 3.24. The number of hydrogen-bond donors (Lipinski definition) is 2. The van der Waals surface area contributed by atoms with E-state index in [1.54, 1.807) is 18.3 Å². The Balaban J connectivity index is 1.77. The van der Waals surface area contributed by atoms with Crippen LogP contribution in [0.5, 0.6) is 5.75 Å². The summed E-state index contributed by atoms with van der Waals surface area (Å²) in [4.78, 5) is 12.4. The quantitative estimate of drug-likeness (QED) is 0.522. The molecule has 0 atom stereocenters. The van der Waals surface area contributed by atoms with E-state index in [2.05, 4.69) is 41.9 Å². The molecule has 27 heavy (non-hydrogen) atoms. The lowest BCUT2D eigenvalue weighted by Gasteiger charge is -2.11. The zero-order valence-corrected chi connectivity index (χ0v) is 16.2. The van der Waals surface area contributed by atoms with Crippen molar-refractivity contribution in [2.45, 2.75) is 34.2 Å².